The van der Waals surface area contributed by atoms with E-state index in [0.29, 0.717) is 22.6 Å². The molecule has 4 nitrogen and oxygen atoms in total. The number of rotatable bonds is 7. The van der Waals surface area contributed by atoms with Crippen molar-refractivity contribution in [2.75, 3.05) is 12.4 Å². The van der Waals surface area contributed by atoms with E-state index in [1.807, 2.05) is 30.3 Å². The fourth-order valence-corrected chi connectivity index (χ4v) is 4.31. The number of halogens is 2. The van der Waals surface area contributed by atoms with Crippen LogP contribution in [0.2, 0.25) is 10.0 Å². The smallest absolute Gasteiger partial charge is 0.222 e. The lowest BCUT2D eigenvalue weighted by Crippen LogP contribution is -2.19. The second-order valence-corrected chi connectivity index (χ2v) is 8.88. The molecule has 158 valence electrons. The molecule has 0 aliphatic heterocycles. The summed E-state index contributed by atoms with van der Waals surface area (Å²) in [6.07, 6.45) is 1.71. The third-order valence-corrected chi connectivity index (χ3v) is 5.90. The van der Waals surface area contributed by atoms with Crippen LogP contribution in [0.5, 0.6) is 5.75 Å². The molecule has 0 unspecified atom stereocenters. The van der Waals surface area contributed by atoms with Crippen molar-refractivity contribution in [1.29, 1.82) is 0 Å². The average Bonchev–Trinajstić information content (AvgIpc) is 2.72. The summed E-state index contributed by atoms with van der Waals surface area (Å²) in [4.78, 5) is 8.48. The molecule has 0 saturated carbocycles. The summed E-state index contributed by atoms with van der Waals surface area (Å²) >= 11 is 13.1. The molecule has 1 N–H and O–H groups in total. The maximum atomic E-state index is 6.55. The van der Waals surface area contributed by atoms with E-state index >= 15 is 0 Å². The second-order valence-electron chi connectivity index (χ2n) is 8.07. The van der Waals surface area contributed by atoms with Crippen LogP contribution in [0.1, 0.15) is 56.0 Å². The zero-order chi connectivity index (χ0) is 21.9. The van der Waals surface area contributed by atoms with E-state index in [1.54, 1.807) is 13.2 Å². The van der Waals surface area contributed by atoms with Crippen LogP contribution in [0, 0.1) is 0 Å². The molecule has 0 amide bonds. The van der Waals surface area contributed by atoms with Gasteiger partial charge in [0.25, 0.3) is 0 Å². The zero-order valence-corrected chi connectivity index (χ0v) is 19.5. The van der Waals surface area contributed by atoms with E-state index < -0.39 is 0 Å². The quantitative estimate of drug-likeness (QED) is 0.433. The minimum Gasteiger partial charge on any atom is -0.487 e. The van der Waals surface area contributed by atoms with Gasteiger partial charge in [-0.05, 0) is 52.9 Å². The molecule has 0 radical (unpaired) electrons. The first-order chi connectivity index (χ1) is 14.2. The first-order valence-electron chi connectivity index (χ1n) is 9.94. The Hall–Kier alpha value is -2.30. The van der Waals surface area contributed by atoms with E-state index in [9.17, 15) is 0 Å². The lowest BCUT2D eigenvalue weighted by molar-refractivity contribution is 0.301. The Morgan fingerprint density at radius 1 is 1.00 bits per heavy atom. The highest BCUT2D eigenvalue weighted by Crippen LogP contribution is 2.39. The first-order valence-corrected chi connectivity index (χ1v) is 10.7. The minimum absolute atomic E-state index is 0.254. The maximum Gasteiger partial charge on any atom is 0.222 e. The Bertz CT molecular complexity index is 994. The summed E-state index contributed by atoms with van der Waals surface area (Å²) < 4.78 is 5.88. The number of nitrogens with one attached hydrogen (secondary N) is 1. The highest BCUT2D eigenvalue weighted by Gasteiger charge is 2.25. The Balaban J connectivity index is 1.77. The average molecular weight is 444 g/mol. The van der Waals surface area contributed by atoms with Crippen molar-refractivity contribution in [3.8, 4) is 5.75 Å². The third kappa shape index (κ3) is 4.88. The Kier molecular flexibility index (Phi) is 6.89. The lowest BCUT2D eigenvalue weighted by atomic mass is 9.77. The van der Waals surface area contributed by atoms with Gasteiger partial charge in [-0.15, -0.1) is 0 Å². The lowest BCUT2D eigenvalue weighted by Gasteiger charge is -2.28. The van der Waals surface area contributed by atoms with Crippen LogP contribution < -0.4 is 10.1 Å². The van der Waals surface area contributed by atoms with Gasteiger partial charge in [-0.3, -0.25) is 0 Å². The summed E-state index contributed by atoms with van der Waals surface area (Å²) in [6.45, 7) is 8.90. The van der Waals surface area contributed by atoms with Gasteiger partial charge in [-0.1, -0.05) is 63.0 Å². The van der Waals surface area contributed by atoms with Crippen molar-refractivity contribution < 1.29 is 4.74 Å². The first kappa shape index (κ1) is 22.4. The van der Waals surface area contributed by atoms with Crippen LogP contribution in [-0.4, -0.2) is 17.0 Å². The van der Waals surface area contributed by atoms with Gasteiger partial charge < -0.3 is 10.1 Å². The van der Waals surface area contributed by atoms with E-state index in [0.717, 1.165) is 28.1 Å². The molecule has 3 rings (SSSR count). The fraction of sp³-hybridized carbons (Fsp3) is 0.333. The summed E-state index contributed by atoms with van der Waals surface area (Å²) in [7, 11) is 1.79. The molecule has 0 fully saturated rings. The molecule has 0 bridgehead atoms. The molecule has 0 saturated heterocycles. The standard InChI is InChI=1S/C24H27Cl2N3O/c1-15(2)22-20(25)12-17(13-21(22)26)24(3,4)16-6-8-19(9-7-16)30-14-18-10-11-28-23(27-5)29-18/h6-13,15H,14H2,1-5H3,(H,27,28,29). The van der Waals surface area contributed by atoms with Crippen LogP contribution in [0.15, 0.2) is 48.7 Å². The van der Waals surface area contributed by atoms with E-state index in [4.69, 9.17) is 27.9 Å². The molecule has 30 heavy (non-hydrogen) atoms. The Morgan fingerprint density at radius 2 is 1.63 bits per heavy atom. The predicted molar refractivity (Wildman–Crippen MR) is 125 cm³/mol. The second kappa shape index (κ2) is 9.23. The SMILES string of the molecule is CNc1nccc(COc2ccc(C(C)(C)c3cc(Cl)c(C(C)C)c(Cl)c3)cc2)n1. The largest absolute Gasteiger partial charge is 0.487 e. The molecule has 0 aliphatic rings. The predicted octanol–water partition coefficient (Wildman–Crippen LogP) is 6.85. The summed E-state index contributed by atoms with van der Waals surface area (Å²) in [5.74, 6) is 1.64. The van der Waals surface area contributed by atoms with Crippen molar-refractivity contribution in [3.63, 3.8) is 0 Å². The monoisotopic (exact) mass is 443 g/mol. The third-order valence-electron chi connectivity index (χ3n) is 5.28. The maximum absolute atomic E-state index is 6.55. The fourth-order valence-electron chi connectivity index (χ4n) is 3.39. The molecule has 1 heterocycles. The Labute approximate surface area is 188 Å². The van der Waals surface area contributed by atoms with Gasteiger partial charge >= 0.3 is 0 Å². The molecule has 0 aliphatic carbocycles. The van der Waals surface area contributed by atoms with Gasteiger partial charge in [0.1, 0.15) is 12.4 Å². The van der Waals surface area contributed by atoms with Gasteiger partial charge in [0.15, 0.2) is 0 Å². The Morgan fingerprint density at radius 3 is 2.20 bits per heavy atom. The van der Waals surface area contributed by atoms with Gasteiger partial charge in [-0.2, -0.15) is 0 Å². The summed E-state index contributed by atoms with van der Waals surface area (Å²) in [6, 6.07) is 14.0. The summed E-state index contributed by atoms with van der Waals surface area (Å²) in [5.41, 5.74) is 3.78. The van der Waals surface area contributed by atoms with Gasteiger partial charge in [0.2, 0.25) is 5.95 Å². The molecule has 0 atom stereocenters. The minimum atomic E-state index is -0.254. The molecule has 1 aromatic heterocycles. The molecule has 0 spiro atoms. The number of nitrogens with zero attached hydrogens (tertiary/aromatic N) is 2. The number of anilines is 1. The van der Waals surface area contributed by atoms with Crippen LogP contribution in [0.4, 0.5) is 5.95 Å². The van der Waals surface area contributed by atoms with Crippen LogP contribution in [-0.2, 0) is 12.0 Å². The van der Waals surface area contributed by atoms with E-state index in [2.05, 4.69) is 55.1 Å². The number of hydrogen-bond acceptors (Lipinski definition) is 4. The molecular weight excluding hydrogens is 417 g/mol. The van der Waals surface area contributed by atoms with Gasteiger partial charge in [-0.25, -0.2) is 9.97 Å². The van der Waals surface area contributed by atoms with E-state index in [-0.39, 0.29) is 11.3 Å². The van der Waals surface area contributed by atoms with Crippen molar-refractivity contribution in [3.05, 3.63) is 81.1 Å². The number of aromatic nitrogens is 2. The van der Waals surface area contributed by atoms with Crippen LogP contribution in [0.25, 0.3) is 0 Å². The van der Waals surface area contributed by atoms with Crippen molar-refractivity contribution in [2.24, 2.45) is 0 Å². The molecule has 6 heteroatoms. The number of ether oxygens (including phenoxy) is 1. The summed E-state index contributed by atoms with van der Waals surface area (Å²) in [5, 5.41) is 4.35. The van der Waals surface area contributed by atoms with Crippen molar-refractivity contribution in [2.45, 2.75) is 45.6 Å². The van der Waals surface area contributed by atoms with Crippen LogP contribution >= 0.6 is 23.2 Å². The topological polar surface area (TPSA) is 47.0 Å². The molecule has 2 aromatic carbocycles. The van der Waals surface area contributed by atoms with E-state index in [1.165, 1.54) is 0 Å². The molecule has 3 aromatic rings. The van der Waals surface area contributed by atoms with Crippen molar-refractivity contribution in [1.82, 2.24) is 9.97 Å². The van der Waals surface area contributed by atoms with Gasteiger partial charge in [0, 0.05) is 28.7 Å². The highest BCUT2D eigenvalue weighted by atomic mass is 35.5. The molecular formula is C24H27Cl2N3O. The van der Waals surface area contributed by atoms with Crippen molar-refractivity contribution >= 4 is 29.2 Å². The normalized spacial score (nSPS) is 11.6. The number of benzene rings is 2. The zero-order valence-electron chi connectivity index (χ0n) is 18.0. The van der Waals surface area contributed by atoms with Gasteiger partial charge in [0.05, 0.1) is 5.69 Å². The highest BCUT2D eigenvalue weighted by molar-refractivity contribution is 6.36. The number of hydrogen-bond donors (Lipinski definition) is 1. The van der Waals surface area contributed by atoms with Crippen LogP contribution in [0.3, 0.4) is 0 Å².